The highest BCUT2D eigenvalue weighted by Crippen LogP contribution is 2.10. The van der Waals surface area contributed by atoms with Crippen LogP contribution in [0.3, 0.4) is 0 Å². The van der Waals surface area contributed by atoms with Crippen LogP contribution in [0.1, 0.15) is 54.8 Å². The van der Waals surface area contributed by atoms with Gasteiger partial charge in [0.05, 0.1) is 0 Å². The molecule has 0 saturated heterocycles. The van der Waals surface area contributed by atoms with E-state index in [1.807, 2.05) is 6.08 Å². The van der Waals surface area contributed by atoms with E-state index in [9.17, 15) is 0 Å². The summed E-state index contributed by atoms with van der Waals surface area (Å²) in [6.07, 6.45) is 11.3. The maximum atomic E-state index is 3.76. The van der Waals surface area contributed by atoms with Crippen molar-refractivity contribution in [3.63, 3.8) is 0 Å². The predicted octanol–water partition coefficient (Wildman–Crippen LogP) is 5.35. The van der Waals surface area contributed by atoms with Gasteiger partial charge in [-0.2, -0.15) is 0 Å². The first kappa shape index (κ1) is 14.2. The predicted molar refractivity (Wildman–Crippen MR) is 71.9 cm³/mol. The van der Waals surface area contributed by atoms with Crippen LogP contribution in [0.25, 0.3) is 0 Å². The number of rotatable bonds is 6. The maximum Gasteiger partial charge on any atom is 1.00 e. The van der Waals surface area contributed by atoms with E-state index in [-0.39, 0.29) is 1.43 Å². The fourth-order valence-corrected chi connectivity index (χ4v) is 1.34. The van der Waals surface area contributed by atoms with Crippen molar-refractivity contribution in [2.75, 3.05) is 0 Å². The zero-order chi connectivity index (χ0) is 11.7. The van der Waals surface area contributed by atoms with Crippen LogP contribution in [0, 0.1) is 6.92 Å². The molecule has 0 nitrogen and oxygen atoms in total. The van der Waals surface area contributed by atoms with Gasteiger partial charge in [-0.05, 0) is 60.3 Å². The van der Waals surface area contributed by atoms with Crippen molar-refractivity contribution in [2.45, 2.75) is 53.4 Å². The third-order valence-corrected chi connectivity index (χ3v) is 2.47. The van der Waals surface area contributed by atoms with E-state index in [4.69, 9.17) is 0 Å². The molecule has 85 valence electrons. The Balaban J connectivity index is 0. The Kier molecular flexibility index (Phi) is 8.08. The molecule has 0 amide bonds. The largest absolute Gasteiger partial charge is 1.00 e. The van der Waals surface area contributed by atoms with Gasteiger partial charge in [0.1, 0.15) is 0 Å². The lowest BCUT2D eigenvalue weighted by atomic mass is 10.1. The molecule has 0 aliphatic rings. The molecule has 0 aromatic carbocycles. The molecule has 0 aromatic rings. The summed E-state index contributed by atoms with van der Waals surface area (Å²) < 4.78 is 0. The topological polar surface area (TPSA) is 0 Å². The van der Waals surface area contributed by atoms with Crippen molar-refractivity contribution >= 4 is 0 Å². The van der Waals surface area contributed by atoms with Gasteiger partial charge in [0, 0.05) is 0 Å². The van der Waals surface area contributed by atoms with E-state index in [1.54, 1.807) is 0 Å². The Morgan fingerprint density at radius 2 is 1.47 bits per heavy atom. The lowest BCUT2D eigenvalue weighted by Gasteiger charge is -2.00. The van der Waals surface area contributed by atoms with Gasteiger partial charge in [-0.1, -0.05) is 34.9 Å². The third-order valence-electron chi connectivity index (χ3n) is 2.47. The zero-order valence-corrected chi connectivity index (χ0v) is 10.8. The quantitative estimate of drug-likeness (QED) is 0.514. The van der Waals surface area contributed by atoms with Crippen molar-refractivity contribution in [2.24, 2.45) is 0 Å². The highest BCUT2D eigenvalue weighted by atomic mass is 14.0. The van der Waals surface area contributed by atoms with Crippen LogP contribution in [0.2, 0.25) is 0 Å². The Bertz CT molecular complexity index is 253. The van der Waals surface area contributed by atoms with Gasteiger partial charge in [-0.15, -0.1) is 0 Å². The Morgan fingerprint density at radius 1 is 0.933 bits per heavy atom. The summed E-state index contributed by atoms with van der Waals surface area (Å²) >= 11 is 0. The molecule has 0 saturated carbocycles. The Morgan fingerprint density at radius 3 is 2.00 bits per heavy atom. The van der Waals surface area contributed by atoms with Crippen LogP contribution in [0.5, 0.6) is 0 Å². The smallest absolute Gasteiger partial charge is 0.0856 e. The molecule has 0 atom stereocenters. The van der Waals surface area contributed by atoms with Crippen LogP contribution in [-0.4, -0.2) is 0 Å². The van der Waals surface area contributed by atoms with Crippen LogP contribution in [-0.2, 0) is 0 Å². The molecule has 0 aliphatic heterocycles. The molecule has 0 rings (SSSR count). The van der Waals surface area contributed by atoms with E-state index >= 15 is 0 Å². The van der Waals surface area contributed by atoms with Gasteiger partial charge < -0.3 is 0 Å². The van der Waals surface area contributed by atoms with Crippen molar-refractivity contribution < 1.29 is 1.43 Å². The van der Waals surface area contributed by atoms with Crippen LogP contribution >= 0.6 is 0 Å². The second-order valence-corrected chi connectivity index (χ2v) is 4.46. The summed E-state index contributed by atoms with van der Waals surface area (Å²) in [5, 5.41) is 0. The first-order valence-corrected chi connectivity index (χ1v) is 5.80. The Labute approximate surface area is 97.3 Å². The normalized spacial score (nSPS) is 12.9. The first-order chi connectivity index (χ1) is 7.06. The molecule has 0 heteroatoms. The maximum absolute atomic E-state index is 3.76. The molecular weight excluding hydrogens is 180 g/mol. The van der Waals surface area contributed by atoms with Crippen molar-refractivity contribution in [3.8, 4) is 0 Å². The first-order valence-electron chi connectivity index (χ1n) is 5.80. The minimum atomic E-state index is 0. The fourth-order valence-electron chi connectivity index (χ4n) is 1.34. The molecule has 0 N–H and O–H groups in total. The van der Waals surface area contributed by atoms with Gasteiger partial charge in [0.2, 0.25) is 0 Å². The van der Waals surface area contributed by atoms with Crippen LogP contribution in [0.4, 0.5) is 0 Å². The summed E-state index contributed by atoms with van der Waals surface area (Å²) in [6.45, 7) is 12.4. The van der Waals surface area contributed by atoms with E-state index in [1.165, 1.54) is 29.6 Å². The zero-order valence-electron chi connectivity index (χ0n) is 11.8. The third kappa shape index (κ3) is 9.52. The molecular formula is C15H26+. The summed E-state index contributed by atoms with van der Waals surface area (Å²) in [7, 11) is 0. The minimum Gasteiger partial charge on any atom is -0.0856 e. The minimum absolute atomic E-state index is 0. The molecule has 15 heavy (non-hydrogen) atoms. The molecule has 1 radical (unpaired) electrons. The van der Waals surface area contributed by atoms with E-state index in [0.717, 1.165) is 12.8 Å². The van der Waals surface area contributed by atoms with Gasteiger partial charge in [0.15, 0.2) is 0 Å². The van der Waals surface area contributed by atoms with Crippen molar-refractivity contribution in [3.05, 3.63) is 41.9 Å². The summed E-state index contributed by atoms with van der Waals surface area (Å²) in [4.78, 5) is 0. The van der Waals surface area contributed by atoms with Gasteiger partial charge in [0.25, 0.3) is 0 Å². The average Bonchev–Trinajstić information content (AvgIpc) is 2.17. The van der Waals surface area contributed by atoms with E-state index in [0.29, 0.717) is 0 Å². The van der Waals surface area contributed by atoms with E-state index in [2.05, 4.69) is 46.8 Å². The monoisotopic (exact) mass is 206 g/mol. The molecule has 0 bridgehead atoms. The second-order valence-electron chi connectivity index (χ2n) is 4.46. The number of allylic oxidation sites excluding steroid dienone is 6. The second kappa shape index (κ2) is 8.52. The lowest BCUT2D eigenvalue weighted by Crippen LogP contribution is -1.80. The fraction of sp³-hybridized carbons (Fsp3) is 0.533. The number of hydrogen-bond donors (Lipinski definition) is 0. The summed E-state index contributed by atoms with van der Waals surface area (Å²) in [5.41, 5.74) is 4.30. The standard InChI is InChI=1S/C15H25/c1-6-14(4)10-8-12-15(5)11-7-9-13(2)3/h6,9,12H,1,7-8,10-11H2,2-5H3/p+1. The summed E-state index contributed by atoms with van der Waals surface area (Å²) in [6, 6.07) is 0. The molecule has 0 fully saturated rings. The number of hydrogen-bond acceptors (Lipinski definition) is 0. The SMILES string of the molecule is [CH2]C=C(C)CCC=C(C)CCC=C(C)C.[H+]. The molecule has 0 spiro atoms. The van der Waals surface area contributed by atoms with E-state index < -0.39 is 0 Å². The average molecular weight is 206 g/mol. The highest BCUT2D eigenvalue weighted by Gasteiger charge is 1.90. The van der Waals surface area contributed by atoms with Gasteiger partial charge >= 0.3 is 1.43 Å². The summed E-state index contributed by atoms with van der Waals surface area (Å²) in [5.74, 6) is 0. The molecule has 0 aliphatic carbocycles. The Hall–Kier alpha value is -0.780. The van der Waals surface area contributed by atoms with Gasteiger partial charge in [-0.25, -0.2) is 0 Å². The van der Waals surface area contributed by atoms with Crippen molar-refractivity contribution in [1.82, 2.24) is 0 Å². The molecule has 0 aromatic heterocycles. The highest BCUT2D eigenvalue weighted by molar-refractivity contribution is 5.05. The van der Waals surface area contributed by atoms with Gasteiger partial charge in [-0.3, -0.25) is 0 Å². The molecule has 0 unspecified atom stereocenters. The van der Waals surface area contributed by atoms with Crippen LogP contribution < -0.4 is 0 Å². The molecule has 0 heterocycles. The lowest BCUT2D eigenvalue weighted by molar-refractivity contribution is 0.918. The van der Waals surface area contributed by atoms with Crippen molar-refractivity contribution in [1.29, 1.82) is 0 Å². The van der Waals surface area contributed by atoms with Crippen LogP contribution in [0.15, 0.2) is 34.9 Å².